The van der Waals surface area contributed by atoms with Gasteiger partial charge < -0.3 is 5.32 Å². The lowest BCUT2D eigenvalue weighted by Gasteiger charge is -2.04. The van der Waals surface area contributed by atoms with Gasteiger partial charge in [0.15, 0.2) is 10.8 Å². The van der Waals surface area contributed by atoms with Gasteiger partial charge in [-0.15, -0.1) is 11.3 Å². The molecule has 0 radical (unpaired) electrons. The Bertz CT molecular complexity index is 904. The monoisotopic (exact) mass is 341 g/mol. The van der Waals surface area contributed by atoms with Crippen molar-refractivity contribution < 1.29 is 4.79 Å². The fourth-order valence-electron chi connectivity index (χ4n) is 1.77. The minimum absolute atomic E-state index is 0.285. The summed E-state index contributed by atoms with van der Waals surface area (Å²) < 4.78 is 0. The zero-order valence-electron chi connectivity index (χ0n) is 11.5. The molecule has 8 heteroatoms. The van der Waals surface area contributed by atoms with E-state index in [4.69, 9.17) is 16.9 Å². The SMILES string of the molecule is N#Cc1ccc(NC(=O)c2cnc(-c3ncccn3)s2)cc1Cl. The number of benzene rings is 1. The summed E-state index contributed by atoms with van der Waals surface area (Å²) in [5, 5.41) is 12.4. The Balaban J connectivity index is 1.78. The van der Waals surface area contributed by atoms with Crippen LogP contribution in [0.3, 0.4) is 0 Å². The van der Waals surface area contributed by atoms with Crippen LogP contribution in [-0.4, -0.2) is 20.9 Å². The van der Waals surface area contributed by atoms with Crippen molar-refractivity contribution in [2.24, 2.45) is 0 Å². The van der Waals surface area contributed by atoms with Gasteiger partial charge in [0.05, 0.1) is 16.8 Å². The number of thiazole rings is 1. The molecule has 1 aromatic carbocycles. The minimum atomic E-state index is -0.314. The first-order valence-corrected chi connectivity index (χ1v) is 7.61. The molecule has 6 nitrogen and oxygen atoms in total. The van der Waals surface area contributed by atoms with Crippen LogP contribution in [-0.2, 0) is 0 Å². The molecule has 3 aromatic rings. The zero-order chi connectivity index (χ0) is 16.2. The first-order valence-electron chi connectivity index (χ1n) is 6.41. The third kappa shape index (κ3) is 3.34. The molecule has 112 valence electrons. The van der Waals surface area contributed by atoms with Gasteiger partial charge in [-0.3, -0.25) is 4.79 Å². The Hall–Kier alpha value is -2.82. The van der Waals surface area contributed by atoms with Gasteiger partial charge in [0.1, 0.15) is 10.9 Å². The van der Waals surface area contributed by atoms with E-state index < -0.39 is 0 Å². The van der Waals surface area contributed by atoms with Crippen LogP contribution in [0.4, 0.5) is 5.69 Å². The van der Waals surface area contributed by atoms with Crippen LogP contribution in [0, 0.1) is 11.3 Å². The first kappa shape index (κ1) is 15.1. The fourth-order valence-corrected chi connectivity index (χ4v) is 2.75. The summed E-state index contributed by atoms with van der Waals surface area (Å²) >= 11 is 7.13. The quantitative estimate of drug-likeness (QED) is 0.788. The maximum Gasteiger partial charge on any atom is 0.267 e. The number of hydrogen-bond acceptors (Lipinski definition) is 6. The smallest absolute Gasteiger partial charge is 0.267 e. The molecule has 23 heavy (non-hydrogen) atoms. The summed E-state index contributed by atoms with van der Waals surface area (Å²) in [5.41, 5.74) is 0.857. The van der Waals surface area contributed by atoms with Crippen molar-refractivity contribution in [1.29, 1.82) is 5.26 Å². The van der Waals surface area contributed by atoms with Crippen molar-refractivity contribution in [2.45, 2.75) is 0 Å². The van der Waals surface area contributed by atoms with E-state index in [0.717, 1.165) is 0 Å². The van der Waals surface area contributed by atoms with Crippen LogP contribution in [0.25, 0.3) is 10.8 Å². The largest absolute Gasteiger partial charge is 0.321 e. The zero-order valence-corrected chi connectivity index (χ0v) is 13.1. The highest BCUT2D eigenvalue weighted by molar-refractivity contribution is 7.16. The molecule has 0 fully saturated rings. The Labute approximate surface area is 140 Å². The molecule has 3 rings (SSSR count). The lowest BCUT2D eigenvalue weighted by atomic mass is 10.2. The third-order valence-corrected chi connectivity index (χ3v) is 4.14. The number of amides is 1. The molecular weight excluding hydrogens is 334 g/mol. The maximum absolute atomic E-state index is 12.2. The van der Waals surface area contributed by atoms with E-state index in [2.05, 4.69) is 20.3 Å². The summed E-state index contributed by atoms with van der Waals surface area (Å²) in [6.07, 6.45) is 4.70. The van der Waals surface area contributed by atoms with Crippen molar-refractivity contribution in [3.8, 4) is 16.9 Å². The van der Waals surface area contributed by atoms with Gasteiger partial charge in [0.25, 0.3) is 5.91 Å². The molecule has 0 saturated carbocycles. The molecular formula is C15H8ClN5OS. The molecule has 0 aliphatic heterocycles. The predicted molar refractivity (Wildman–Crippen MR) is 87.3 cm³/mol. The first-order chi connectivity index (χ1) is 11.2. The molecule has 2 aromatic heterocycles. The van der Waals surface area contributed by atoms with Crippen molar-refractivity contribution in [3.63, 3.8) is 0 Å². The van der Waals surface area contributed by atoms with Crippen molar-refractivity contribution in [1.82, 2.24) is 15.0 Å². The molecule has 0 aliphatic carbocycles. The second-order valence-electron chi connectivity index (χ2n) is 4.36. The highest BCUT2D eigenvalue weighted by atomic mass is 35.5. The van der Waals surface area contributed by atoms with Gasteiger partial charge in [0.2, 0.25) is 0 Å². The topological polar surface area (TPSA) is 91.6 Å². The Kier molecular flexibility index (Phi) is 4.28. The second-order valence-corrected chi connectivity index (χ2v) is 5.80. The summed E-state index contributed by atoms with van der Waals surface area (Å²) in [4.78, 5) is 25.0. The number of nitriles is 1. The average molecular weight is 342 g/mol. The van der Waals surface area contributed by atoms with Gasteiger partial charge in [0, 0.05) is 18.1 Å². The summed E-state index contributed by atoms with van der Waals surface area (Å²) in [7, 11) is 0. The lowest BCUT2D eigenvalue weighted by molar-refractivity contribution is 0.103. The van der Waals surface area contributed by atoms with Gasteiger partial charge in [-0.2, -0.15) is 5.26 Å². The van der Waals surface area contributed by atoms with Gasteiger partial charge >= 0.3 is 0 Å². The summed E-state index contributed by atoms with van der Waals surface area (Å²) in [6, 6.07) is 8.36. The number of nitrogens with zero attached hydrogens (tertiary/aromatic N) is 4. The summed E-state index contributed by atoms with van der Waals surface area (Å²) in [5.74, 6) is 0.156. The van der Waals surface area contributed by atoms with Crippen LogP contribution in [0.2, 0.25) is 5.02 Å². The molecule has 0 aliphatic rings. The Morgan fingerprint density at radius 2 is 2.04 bits per heavy atom. The molecule has 1 N–H and O–H groups in total. The third-order valence-electron chi connectivity index (χ3n) is 2.83. The van der Waals surface area contributed by atoms with Crippen LogP contribution >= 0.6 is 22.9 Å². The Morgan fingerprint density at radius 3 is 2.74 bits per heavy atom. The van der Waals surface area contributed by atoms with Crippen molar-refractivity contribution >= 4 is 34.5 Å². The summed E-state index contributed by atoms with van der Waals surface area (Å²) in [6.45, 7) is 0. The van der Waals surface area contributed by atoms with Crippen LogP contribution in [0.1, 0.15) is 15.2 Å². The molecule has 2 heterocycles. The van der Waals surface area contributed by atoms with E-state index in [9.17, 15) is 4.79 Å². The molecule has 0 spiro atoms. The number of rotatable bonds is 3. The van der Waals surface area contributed by atoms with Gasteiger partial charge in [-0.1, -0.05) is 11.6 Å². The molecule has 0 unspecified atom stereocenters. The number of aromatic nitrogens is 3. The van der Waals surface area contributed by atoms with Gasteiger partial charge in [-0.25, -0.2) is 15.0 Å². The second kappa shape index (κ2) is 6.52. The molecule has 0 atom stereocenters. The maximum atomic E-state index is 12.2. The number of anilines is 1. The lowest BCUT2D eigenvalue weighted by Crippen LogP contribution is -2.10. The van der Waals surface area contributed by atoms with Gasteiger partial charge in [-0.05, 0) is 24.3 Å². The number of nitrogens with one attached hydrogen (secondary N) is 1. The number of hydrogen-bond donors (Lipinski definition) is 1. The number of halogens is 1. The molecule has 0 bridgehead atoms. The van der Waals surface area contributed by atoms with Crippen LogP contribution < -0.4 is 5.32 Å². The molecule has 1 amide bonds. The van der Waals surface area contributed by atoms with Crippen LogP contribution in [0.5, 0.6) is 0 Å². The standard InChI is InChI=1S/C15H8ClN5OS/c16-11-6-10(3-2-9(11)7-17)21-14(22)12-8-20-15(23-12)13-18-4-1-5-19-13/h1-6,8H,(H,21,22). The predicted octanol–water partition coefficient (Wildman–Crippen LogP) is 3.38. The highest BCUT2D eigenvalue weighted by Crippen LogP contribution is 2.24. The van der Waals surface area contributed by atoms with Crippen LogP contribution in [0.15, 0.2) is 42.9 Å². The fraction of sp³-hybridized carbons (Fsp3) is 0. The Morgan fingerprint density at radius 1 is 1.26 bits per heavy atom. The van der Waals surface area contributed by atoms with E-state index in [1.807, 2.05) is 6.07 Å². The highest BCUT2D eigenvalue weighted by Gasteiger charge is 2.13. The van der Waals surface area contributed by atoms with E-state index >= 15 is 0 Å². The van der Waals surface area contributed by atoms with E-state index in [0.29, 0.717) is 27.0 Å². The van der Waals surface area contributed by atoms with Crippen molar-refractivity contribution in [2.75, 3.05) is 5.32 Å². The van der Waals surface area contributed by atoms with E-state index in [1.54, 1.807) is 30.6 Å². The normalized spacial score (nSPS) is 10.1. The van der Waals surface area contributed by atoms with E-state index in [1.165, 1.54) is 23.6 Å². The average Bonchev–Trinajstić information content (AvgIpc) is 3.06. The van der Waals surface area contributed by atoms with E-state index in [-0.39, 0.29) is 10.9 Å². The molecule has 0 saturated heterocycles. The van der Waals surface area contributed by atoms with Crippen molar-refractivity contribution in [3.05, 3.63) is 58.3 Å². The number of carbonyl (C=O) groups is 1. The number of carbonyl (C=O) groups excluding carboxylic acids is 1. The minimum Gasteiger partial charge on any atom is -0.321 e.